The van der Waals surface area contributed by atoms with Gasteiger partial charge in [0.15, 0.2) is 12.6 Å². The second kappa shape index (κ2) is 14.6. The van der Waals surface area contributed by atoms with Crippen LogP contribution in [0.4, 0.5) is 0 Å². The Labute approximate surface area is 226 Å². The van der Waals surface area contributed by atoms with E-state index in [2.05, 4.69) is 0 Å². The van der Waals surface area contributed by atoms with E-state index in [-0.39, 0.29) is 6.54 Å². The van der Waals surface area contributed by atoms with Gasteiger partial charge in [-0.3, -0.25) is 15.3 Å². The van der Waals surface area contributed by atoms with Crippen LogP contribution in [0.5, 0.6) is 0 Å². The maximum atomic E-state index is 12.0. The third-order valence-corrected chi connectivity index (χ3v) is 6.45. The predicted molar refractivity (Wildman–Crippen MR) is 123 cm³/mol. The van der Waals surface area contributed by atoms with Gasteiger partial charge in [0, 0.05) is 6.54 Å². The fourth-order valence-electron chi connectivity index (χ4n) is 3.91. The van der Waals surface area contributed by atoms with Gasteiger partial charge in [-0.25, -0.2) is 0 Å². The molecule has 0 saturated carbocycles. The van der Waals surface area contributed by atoms with E-state index < -0.39 is 117 Å². The number of nitrogens with two attached hydrogens (primary N) is 1. The van der Waals surface area contributed by atoms with Crippen LogP contribution < -0.4 is 11.1 Å². The van der Waals surface area contributed by atoms with E-state index in [0.717, 1.165) is 0 Å². The van der Waals surface area contributed by atoms with E-state index in [1.54, 1.807) is 0 Å². The van der Waals surface area contributed by atoms with E-state index >= 15 is 0 Å². The van der Waals surface area contributed by atoms with Crippen molar-refractivity contribution < 1.29 is 84.7 Å². The zero-order chi connectivity index (χ0) is 30.5. The summed E-state index contributed by atoms with van der Waals surface area (Å²) in [4.78, 5) is 23.6. The number of ketones is 1. The lowest BCUT2D eigenvalue weighted by molar-refractivity contribution is -0.333. The Morgan fingerprint density at radius 3 is 1.90 bits per heavy atom. The fourth-order valence-corrected chi connectivity index (χ4v) is 3.91. The van der Waals surface area contributed by atoms with Crippen LogP contribution in [-0.2, 0) is 28.5 Å². The van der Waals surface area contributed by atoms with Crippen molar-refractivity contribution in [2.45, 2.75) is 92.4 Å². The molecule has 0 aromatic rings. The van der Waals surface area contributed by atoms with E-state index in [4.69, 9.17) is 24.7 Å². The molecular weight excluding hydrogens is 552 g/mol. The smallest absolute Gasteiger partial charge is 0.292 e. The SMILES string of the molecule is CCNC(=O)C(=O)[C@](N)(O)[C@@H](O)[C@H](O)[C@H](O)CO[C@H]1O[C@H](CO[C@H]2O[C@H](CO)[C@@H](O)[C@H](O)[C@H]2O)[C@@H](O)[C@H](O)[C@H]1O. The number of aliphatic hydroxyl groups excluding tert-OH is 10. The Morgan fingerprint density at radius 1 is 0.875 bits per heavy atom. The number of nitrogens with one attached hydrogen (secondary N) is 1. The number of amides is 1. The molecule has 0 aliphatic carbocycles. The van der Waals surface area contributed by atoms with Crippen molar-refractivity contribution in [3.8, 4) is 0 Å². The van der Waals surface area contributed by atoms with Gasteiger partial charge in [-0.15, -0.1) is 0 Å². The van der Waals surface area contributed by atoms with Crippen LogP contribution in [0.1, 0.15) is 6.92 Å². The maximum Gasteiger partial charge on any atom is 0.292 e. The Hall–Kier alpha value is -1.50. The van der Waals surface area contributed by atoms with Crippen LogP contribution in [0.3, 0.4) is 0 Å². The highest BCUT2D eigenvalue weighted by molar-refractivity contribution is 6.39. The molecule has 0 unspecified atom stereocenters. The molecule has 1 amide bonds. The average molecular weight is 591 g/mol. The molecule has 14 N–H and O–H groups in total. The van der Waals surface area contributed by atoms with Gasteiger partial charge in [0.05, 0.1) is 19.8 Å². The standard InChI is InChI=1S/C21H38N2O17/c1-2-23-18(35)17(34)21(22,36)16(33)9(26)6(25)4-37-19-15(32)13(30)11(28)8(40-19)5-38-20-14(31)12(29)10(27)7(3-24)39-20/h6-16,19-20,24-33,36H,2-5,22H2,1H3,(H,23,35)/t6-,7-,8-,9-,10-,11-,12+,13+,14-,15-,16+,19+,20+,21-/m1/s1. The zero-order valence-corrected chi connectivity index (χ0v) is 21.3. The summed E-state index contributed by atoms with van der Waals surface area (Å²) in [5, 5.41) is 112. The van der Waals surface area contributed by atoms with Crippen LogP contribution in [0.15, 0.2) is 0 Å². The normalized spacial score (nSPS) is 38.6. The minimum absolute atomic E-state index is 0.0193. The van der Waals surface area contributed by atoms with Crippen LogP contribution in [-0.4, -0.2) is 180 Å². The summed E-state index contributed by atoms with van der Waals surface area (Å²) in [6, 6.07) is 0. The highest BCUT2D eigenvalue weighted by Crippen LogP contribution is 2.26. The van der Waals surface area contributed by atoms with Gasteiger partial charge >= 0.3 is 0 Å². The van der Waals surface area contributed by atoms with Crippen LogP contribution >= 0.6 is 0 Å². The van der Waals surface area contributed by atoms with Crippen molar-refractivity contribution in [2.24, 2.45) is 5.73 Å². The molecule has 2 saturated heterocycles. The molecule has 2 rings (SSSR count). The van der Waals surface area contributed by atoms with Gasteiger partial charge in [0.25, 0.3) is 11.7 Å². The minimum atomic E-state index is -3.31. The second-order valence-electron chi connectivity index (χ2n) is 9.40. The summed E-state index contributed by atoms with van der Waals surface area (Å²) in [7, 11) is 0. The van der Waals surface area contributed by atoms with E-state index in [1.165, 1.54) is 6.92 Å². The molecule has 2 fully saturated rings. The second-order valence-corrected chi connectivity index (χ2v) is 9.40. The molecule has 40 heavy (non-hydrogen) atoms. The first kappa shape index (κ1) is 34.7. The Balaban J connectivity index is 1.99. The van der Waals surface area contributed by atoms with Gasteiger partial charge in [-0.1, -0.05) is 0 Å². The average Bonchev–Trinajstić information content (AvgIpc) is 2.93. The molecule has 0 aromatic heterocycles. The molecule has 19 heteroatoms. The first-order valence-electron chi connectivity index (χ1n) is 12.2. The highest BCUT2D eigenvalue weighted by Gasteiger charge is 2.50. The number of carbonyl (C=O) groups excluding carboxylic acids is 2. The monoisotopic (exact) mass is 590 g/mol. The minimum Gasteiger partial charge on any atom is -0.394 e. The Bertz CT molecular complexity index is 833. The van der Waals surface area contributed by atoms with Gasteiger partial charge in [-0.05, 0) is 6.92 Å². The van der Waals surface area contributed by atoms with Crippen molar-refractivity contribution in [2.75, 3.05) is 26.4 Å². The van der Waals surface area contributed by atoms with Gasteiger partial charge in [-0.2, -0.15) is 0 Å². The number of aliphatic hydroxyl groups is 11. The molecule has 0 bridgehead atoms. The molecule has 0 radical (unpaired) electrons. The van der Waals surface area contributed by atoms with Crippen molar-refractivity contribution >= 4 is 11.7 Å². The van der Waals surface area contributed by atoms with Crippen LogP contribution in [0.25, 0.3) is 0 Å². The molecule has 2 aliphatic rings. The fraction of sp³-hybridized carbons (Fsp3) is 0.905. The van der Waals surface area contributed by atoms with Crippen molar-refractivity contribution in [3.63, 3.8) is 0 Å². The molecule has 19 nitrogen and oxygen atoms in total. The lowest BCUT2D eigenvalue weighted by Gasteiger charge is -2.42. The Morgan fingerprint density at radius 2 is 1.38 bits per heavy atom. The van der Waals surface area contributed by atoms with E-state index in [1.807, 2.05) is 5.32 Å². The molecule has 2 aliphatic heterocycles. The summed E-state index contributed by atoms with van der Waals surface area (Å²) in [6.07, 6.45) is -24.2. The Kier molecular flexibility index (Phi) is 12.7. The number of likely N-dealkylation sites (N-methyl/N-ethyl adjacent to an activating group) is 1. The maximum absolute atomic E-state index is 12.0. The van der Waals surface area contributed by atoms with Crippen LogP contribution in [0.2, 0.25) is 0 Å². The summed E-state index contributed by atoms with van der Waals surface area (Å²) in [5.74, 6) is -3.08. The number of ether oxygens (including phenoxy) is 4. The lowest BCUT2D eigenvalue weighted by Crippen LogP contribution is -2.66. The van der Waals surface area contributed by atoms with Gasteiger partial charge < -0.3 is 80.4 Å². The van der Waals surface area contributed by atoms with Gasteiger partial charge in [0.2, 0.25) is 5.72 Å². The number of hydrogen-bond donors (Lipinski definition) is 13. The topological polar surface area (TPSA) is 332 Å². The first-order valence-corrected chi connectivity index (χ1v) is 12.2. The molecule has 234 valence electrons. The van der Waals surface area contributed by atoms with E-state index in [0.29, 0.717) is 0 Å². The zero-order valence-electron chi connectivity index (χ0n) is 21.3. The molecule has 0 aromatic carbocycles. The number of carbonyl (C=O) groups is 2. The van der Waals surface area contributed by atoms with Crippen molar-refractivity contribution in [3.05, 3.63) is 0 Å². The van der Waals surface area contributed by atoms with Crippen LogP contribution in [0, 0.1) is 0 Å². The third-order valence-electron chi connectivity index (χ3n) is 6.45. The number of hydrogen-bond acceptors (Lipinski definition) is 18. The summed E-state index contributed by atoms with van der Waals surface area (Å²) in [5.41, 5.74) is 1.99. The highest BCUT2D eigenvalue weighted by atomic mass is 16.7. The number of Topliss-reactive ketones (excluding diaryl/α,β-unsaturated/α-hetero) is 1. The summed E-state index contributed by atoms with van der Waals surface area (Å²) < 4.78 is 20.9. The molecule has 14 atom stereocenters. The quantitative estimate of drug-likeness (QED) is 0.0699. The summed E-state index contributed by atoms with van der Waals surface area (Å²) >= 11 is 0. The lowest BCUT2D eigenvalue weighted by atomic mass is 9.94. The third kappa shape index (κ3) is 7.66. The molecule has 2 heterocycles. The van der Waals surface area contributed by atoms with Gasteiger partial charge in [0.1, 0.15) is 67.1 Å². The number of rotatable bonds is 13. The van der Waals surface area contributed by atoms with Crippen molar-refractivity contribution in [1.29, 1.82) is 0 Å². The van der Waals surface area contributed by atoms with Crippen molar-refractivity contribution in [1.82, 2.24) is 5.32 Å². The predicted octanol–water partition coefficient (Wildman–Crippen LogP) is -8.94. The molecule has 0 spiro atoms. The van der Waals surface area contributed by atoms with E-state index in [9.17, 15) is 65.8 Å². The largest absolute Gasteiger partial charge is 0.394 e. The first-order chi connectivity index (χ1) is 18.6. The summed E-state index contributed by atoms with van der Waals surface area (Å²) in [6.45, 7) is -0.946. The molecular formula is C21H38N2O17.